The quantitative estimate of drug-likeness (QED) is 0.0330. The van der Waals surface area contributed by atoms with Crippen LogP contribution in [0.25, 0.3) is 0 Å². The average molecular weight is 1050 g/mol. The molecule has 0 aromatic carbocycles. The number of hydrogen-bond acceptors (Lipinski definition) is 8. The molecular weight excluding hydrogens is 923 g/mol. The number of rotatable bonds is 59. The number of aliphatic hydroxyl groups is 5. The molecule has 7 unspecified atom stereocenters. The summed E-state index contributed by atoms with van der Waals surface area (Å²) in [5, 5.41) is 54.8. The minimum atomic E-state index is -1.55. The molecule has 0 aromatic rings. The smallest absolute Gasteiger partial charge is 0.220 e. The molecule has 442 valence electrons. The van der Waals surface area contributed by atoms with E-state index in [0.29, 0.717) is 12.8 Å². The topological polar surface area (TPSA) is 149 Å². The molecule has 1 aliphatic heterocycles. The third-order valence-electron chi connectivity index (χ3n) is 16.5. The van der Waals surface area contributed by atoms with Gasteiger partial charge in [-0.2, -0.15) is 0 Å². The van der Waals surface area contributed by atoms with E-state index in [4.69, 9.17) is 9.47 Å². The zero-order valence-electron chi connectivity index (χ0n) is 49.4. The number of amides is 1. The maximum absolute atomic E-state index is 13.1. The lowest BCUT2D eigenvalue weighted by molar-refractivity contribution is -0.302. The number of hydrogen-bond donors (Lipinski definition) is 6. The van der Waals surface area contributed by atoms with Gasteiger partial charge in [0.15, 0.2) is 6.29 Å². The third-order valence-corrected chi connectivity index (χ3v) is 16.5. The molecule has 1 amide bonds. The van der Waals surface area contributed by atoms with E-state index in [-0.39, 0.29) is 12.5 Å². The second-order valence-corrected chi connectivity index (χ2v) is 23.6. The molecule has 1 heterocycles. The highest BCUT2D eigenvalue weighted by Gasteiger charge is 2.44. The van der Waals surface area contributed by atoms with Crippen molar-refractivity contribution in [2.75, 3.05) is 13.2 Å². The Morgan fingerprint density at radius 1 is 0.405 bits per heavy atom. The maximum atomic E-state index is 13.1. The minimum absolute atomic E-state index is 0.131. The van der Waals surface area contributed by atoms with Crippen LogP contribution < -0.4 is 5.32 Å². The fraction of sp³-hybridized carbons (Fsp3) is 0.985. The van der Waals surface area contributed by atoms with Gasteiger partial charge in [-0.3, -0.25) is 4.79 Å². The van der Waals surface area contributed by atoms with Crippen LogP contribution in [0.2, 0.25) is 0 Å². The van der Waals surface area contributed by atoms with E-state index >= 15 is 0 Å². The van der Waals surface area contributed by atoms with Crippen LogP contribution in [0.4, 0.5) is 0 Å². The van der Waals surface area contributed by atoms with Crippen molar-refractivity contribution in [2.24, 2.45) is 0 Å². The Hall–Kier alpha value is -0.810. The van der Waals surface area contributed by atoms with Crippen LogP contribution in [0.15, 0.2) is 0 Å². The summed E-state index contributed by atoms with van der Waals surface area (Å²) in [6, 6.07) is -0.714. The van der Waals surface area contributed by atoms with Crippen molar-refractivity contribution in [1.29, 1.82) is 0 Å². The van der Waals surface area contributed by atoms with Gasteiger partial charge in [-0.25, -0.2) is 0 Å². The largest absolute Gasteiger partial charge is 0.394 e. The first-order chi connectivity index (χ1) is 36.3. The summed E-state index contributed by atoms with van der Waals surface area (Å²) >= 11 is 0. The lowest BCUT2D eigenvalue weighted by Gasteiger charge is -2.40. The molecule has 0 radical (unpaired) electrons. The van der Waals surface area contributed by atoms with E-state index < -0.39 is 49.5 Å². The van der Waals surface area contributed by atoms with Crippen molar-refractivity contribution in [2.45, 2.75) is 397 Å². The van der Waals surface area contributed by atoms with E-state index in [9.17, 15) is 30.3 Å². The van der Waals surface area contributed by atoms with Gasteiger partial charge < -0.3 is 40.3 Å². The number of carbonyl (C=O) groups excluding carboxylic acids is 1. The molecule has 0 bridgehead atoms. The minimum Gasteiger partial charge on any atom is -0.394 e. The predicted molar refractivity (Wildman–Crippen MR) is 314 cm³/mol. The summed E-state index contributed by atoms with van der Waals surface area (Å²) in [4.78, 5) is 13.1. The lowest BCUT2D eigenvalue weighted by Crippen LogP contribution is -2.60. The molecule has 0 aliphatic carbocycles. The van der Waals surface area contributed by atoms with Crippen molar-refractivity contribution in [1.82, 2.24) is 5.32 Å². The zero-order chi connectivity index (χ0) is 53.6. The van der Waals surface area contributed by atoms with Crippen molar-refractivity contribution < 1.29 is 39.8 Å². The van der Waals surface area contributed by atoms with Crippen LogP contribution >= 0.6 is 0 Å². The number of unbranched alkanes of at least 4 members (excludes halogenated alkanes) is 49. The van der Waals surface area contributed by atoms with Gasteiger partial charge in [0.1, 0.15) is 24.4 Å². The molecule has 7 atom stereocenters. The number of nitrogens with one attached hydrogen (secondary N) is 1. The van der Waals surface area contributed by atoms with Crippen LogP contribution in [-0.2, 0) is 14.3 Å². The van der Waals surface area contributed by atoms with Gasteiger partial charge >= 0.3 is 0 Å². The molecule has 6 N–H and O–H groups in total. The number of ether oxygens (including phenoxy) is 2. The second-order valence-electron chi connectivity index (χ2n) is 23.6. The fourth-order valence-corrected chi connectivity index (χ4v) is 11.2. The Bertz CT molecular complexity index is 1130. The Morgan fingerprint density at radius 3 is 0.959 bits per heavy atom. The van der Waals surface area contributed by atoms with Crippen molar-refractivity contribution in [3.63, 3.8) is 0 Å². The average Bonchev–Trinajstić information content (AvgIpc) is 3.40. The van der Waals surface area contributed by atoms with Gasteiger partial charge in [0.2, 0.25) is 5.91 Å². The van der Waals surface area contributed by atoms with Gasteiger partial charge in [0, 0.05) is 6.42 Å². The Balaban J connectivity index is 2.09. The van der Waals surface area contributed by atoms with E-state index in [0.717, 1.165) is 38.5 Å². The van der Waals surface area contributed by atoms with Crippen LogP contribution in [0.1, 0.15) is 354 Å². The first-order valence-corrected chi connectivity index (χ1v) is 33.2. The predicted octanol–water partition coefficient (Wildman–Crippen LogP) is 17.4. The summed E-state index contributed by atoms with van der Waals surface area (Å²) in [6.07, 6.45) is 61.7. The molecule has 9 heteroatoms. The molecule has 0 saturated carbocycles. The van der Waals surface area contributed by atoms with Crippen LogP contribution in [-0.4, -0.2) is 87.5 Å². The molecule has 74 heavy (non-hydrogen) atoms. The van der Waals surface area contributed by atoms with E-state index in [1.54, 1.807) is 0 Å². The highest BCUT2D eigenvalue weighted by atomic mass is 16.7. The van der Waals surface area contributed by atoms with E-state index in [2.05, 4.69) is 19.2 Å². The molecular formula is C65H129NO8. The van der Waals surface area contributed by atoms with Gasteiger partial charge in [-0.15, -0.1) is 0 Å². The summed E-state index contributed by atoms with van der Waals surface area (Å²) in [5.41, 5.74) is 0. The summed E-state index contributed by atoms with van der Waals surface area (Å²) in [7, 11) is 0. The molecule has 1 saturated heterocycles. The van der Waals surface area contributed by atoms with Gasteiger partial charge in [0.05, 0.1) is 25.4 Å². The lowest BCUT2D eigenvalue weighted by atomic mass is 9.99. The van der Waals surface area contributed by atoms with Gasteiger partial charge in [-0.1, -0.05) is 335 Å². The number of carbonyl (C=O) groups is 1. The molecule has 0 aromatic heterocycles. The van der Waals surface area contributed by atoms with Crippen molar-refractivity contribution in [3.8, 4) is 0 Å². The van der Waals surface area contributed by atoms with E-state index in [1.807, 2.05) is 0 Å². The monoisotopic (exact) mass is 1050 g/mol. The third kappa shape index (κ3) is 44.1. The molecule has 1 rings (SSSR count). The van der Waals surface area contributed by atoms with Crippen LogP contribution in [0.5, 0.6) is 0 Å². The Labute approximate surface area is 459 Å². The highest BCUT2D eigenvalue weighted by molar-refractivity contribution is 5.76. The van der Waals surface area contributed by atoms with Crippen molar-refractivity contribution >= 4 is 5.91 Å². The fourth-order valence-electron chi connectivity index (χ4n) is 11.2. The Morgan fingerprint density at radius 2 is 0.676 bits per heavy atom. The molecule has 1 fully saturated rings. The standard InChI is InChI=1S/C65H129NO8/c1-3-5-7-9-11-13-15-17-19-21-23-24-25-26-27-28-29-30-31-32-33-34-35-37-38-40-42-44-46-48-50-52-54-59(68)58(57-73-65-64(72)63(71)62(70)60(56-67)74-65)66-61(69)55-53-51-49-47-45-43-41-39-36-22-20-18-16-14-12-10-8-6-4-2/h58-60,62-65,67-68,70-72H,3-57H2,1-2H3,(H,66,69). The first kappa shape index (κ1) is 71.2. The summed E-state index contributed by atoms with van der Waals surface area (Å²) in [6.45, 7) is 3.90. The highest BCUT2D eigenvalue weighted by Crippen LogP contribution is 2.24. The molecule has 1 aliphatic rings. The van der Waals surface area contributed by atoms with Crippen LogP contribution in [0.3, 0.4) is 0 Å². The normalized spacial score (nSPS) is 18.8. The molecule has 9 nitrogen and oxygen atoms in total. The molecule has 0 spiro atoms. The second kappa shape index (κ2) is 55.5. The van der Waals surface area contributed by atoms with Gasteiger partial charge in [-0.05, 0) is 12.8 Å². The SMILES string of the molecule is CCCCCCCCCCCCCCCCCCCCCCCCCCCCCCCCCCC(O)C(COC1OC(CO)C(O)C(O)C1O)NC(=O)CCCCCCCCCCCCCCCCCCCCC. The Kier molecular flexibility index (Phi) is 53.4. The van der Waals surface area contributed by atoms with E-state index in [1.165, 1.54) is 289 Å². The number of aliphatic hydroxyl groups excluding tert-OH is 5. The summed E-state index contributed by atoms with van der Waals surface area (Å²) < 4.78 is 11.4. The van der Waals surface area contributed by atoms with Gasteiger partial charge in [0.25, 0.3) is 0 Å². The zero-order valence-corrected chi connectivity index (χ0v) is 49.4. The van der Waals surface area contributed by atoms with Crippen molar-refractivity contribution in [3.05, 3.63) is 0 Å². The summed E-state index contributed by atoms with van der Waals surface area (Å²) in [5.74, 6) is -0.135. The maximum Gasteiger partial charge on any atom is 0.220 e. The van der Waals surface area contributed by atoms with Crippen LogP contribution in [0, 0.1) is 0 Å². The first-order valence-electron chi connectivity index (χ1n) is 33.2.